The molecule has 0 saturated heterocycles. The van der Waals surface area contributed by atoms with Gasteiger partial charge in [-0.2, -0.15) is 0 Å². The summed E-state index contributed by atoms with van der Waals surface area (Å²) in [6, 6.07) is 17.0. The van der Waals surface area contributed by atoms with Crippen molar-refractivity contribution < 1.29 is 23.4 Å². The smallest absolute Gasteiger partial charge is 0.231 e. The van der Waals surface area contributed by atoms with E-state index in [1.807, 2.05) is 31.2 Å². The highest BCUT2D eigenvalue weighted by Gasteiger charge is 2.30. The molecule has 1 aliphatic rings. The van der Waals surface area contributed by atoms with E-state index in [2.05, 4.69) is 0 Å². The number of carbonyl (C=O) groups excluding carboxylic acids is 1. The second-order valence-electron chi connectivity index (χ2n) is 6.70. The van der Waals surface area contributed by atoms with Crippen molar-refractivity contribution in [3.05, 3.63) is 94.5 Å². The molecule has 0 radical (unpaired) electrons. The number of hydrogen-bond donors (Lipinski definition) is 0. The first kappa shape index (κ1) is 18.7. The Hall–Kier alpha value is -3.60. The number of hydrogen-bond acceptors (Lipinski definition) is 4. The Morgan fingerprint density at radius 2 is 1.86 bits per heavy atom. The molecular weight excluding hydrogens is 371 g/mol. The molecule has 0 unspecified atom stereocenters. The summed E-state index contributed by atoms with van der Waals surface area (Å²) in [4.78, 5) is 12.7. The molecule has 5 heteroatoms. The van der Waals surface area contributed by atoms with E-state index >= 15 is 0 Å². The molecule has 4 nitrogen and oxygen atoms in total. The summed E-state index contributed by atoms with van der Waals surface area (Å²) in [5, 5.41) is 0. The van der Waals surface area contributed by atoms with Crippen molar-refractivity contribution in [3.8, 4) is 17.2 Å². The highest BCUT2D eigenvalue weighted by molar-refractivity contribution is 6.14. The number of fused-ring (bicyclic) bond motifs is 1. The van der Waals surface area contributed by atoms with Crippen LogP contribution >= 0.6 is 0 Å². The van der Waals surface area contributed by atoms with Crippen molar-refractivity contribution in [2.45, 2.75) is 13.5 Å². The van der Waals surface area contributed by atoms with Gasteiger partial charge in [-0.05, 0) is 60.5 Å². The molecule has 0 spiro atoms. The Labute approximate surface area is 168 Å². The van der Waals surface area contributed by atoms with E-state index in [1.165, 1.54) is 12.1 Å². The van der Waals surface area contributed by atoms with Gasteiger partial charge in [0.1, 0.15) is 29.7 Å². The SMILES string of the molecule is COc1ccc(/C=C2\Oc3c(ccc(OCc4cccc(F)c4)c3C)C2=O)cc1. The van der Waals surface area contributed by atoms with Gasteiger partial charge in [-0.25, -0.2) is 4.39 Å². The fourth-order valence-corrected chi connectivity index (χ4v) is 3.16. The lowest BCUT2D eigenvalue weighted by Crippen LogP contribution is -1.98. The average Bonchev–Trinajstić information content (AvgIpc) is 3.04. The van der Waals surface area contributed by atoms with E-state index in [1.54, 1.807) is 37.5 Å². The quantitative estimate of drug-likeness (QED) is 0.552. The number of ketones is 1. The third-order valence-corrected chi connectivity index (χ3v) is 4.73. The molecule has 0 atom stereocenters. The maximum Gasteiger partial charge on any atom is 0.231 e. The number of ether oxygens (including phenoxy) is 3. The lowest BCUT2D eigenvalue weighted by molar-refractivity contribution is 0.101. The monoisotopic (exact) mass is 390 g/mol. The molecule has 0 aromatic heterocycles. The number of carbonyl (C=O) groups is 1. The highest BCUT2D eigenvalue weighted by Crippen LogP contribution is 2.39. The van der Waals surface area contributed by atoms with Crippen molar-refractivity contribution in [3.63, 3.8) is 0 Å². The number of halogens is 1. The highest BCUT2D eigenvalue weighted by atomic mass is 19.1. The van der Waals surface area contributed by atoms with E-state index in [-0.39, 0.29) is 24.0 Å². The molecule has 4 rings (SSSR count). The minimum atomic E-state index is -0.306. The Balaban J connectivity index is 1.55. The molecule has 29 heavy (non-hydrogen) atoms. The van der Waals surface area contributed by atoms with Gasteiger partial charge in [0.05, 0.1) is 12.7 Å². The van der Waals surface area contributed by atoms with E-state index in [9.17, 15) is 9.18 Å². The third kappa shape index (κ3) is 3.85. The van der Waals surface area contributed by atoms with Crippen molar-refractivity contribution in [2.24, 2.45) is 0 Å². The Morgan fingerprint density at radius 3 is 2.59 bits per heavy atom. The largest absolute Gasteiger partial charge is 0.497 e. The first-order valence-corrected chi connectivity index (χ1v) is 9.14. The zero-order valence-electron chi connectivity index (χ0n) is 16.1. The Kier molecular flexibility index (Phi) is 5.04. The maximum atomic E-state index is 13.3. The van der Waals surface area contributed by atoms with Crippen LogP contribution in [0.25, 0.3) is 6.08 Å². The molecule has 0 N–H and O–H groups in total. The van der Waals surface area contributed by atoms with Crippen LogP contribution in [0.5, 0.6) is 17.2 Å². The minimum Gasteiger partial charge on any atom is -0.497 e. The molecule has 0 saturated carbocycles. The van der Waals surface area contributed by atoms with E-state index in [0.29, 0.717) is 17.1 Å². The first-order chi connectivity index (χ1) is 14.0. The molecule has 1 aliphatic heterocycles. The van der Waals surface area contributed by atoms with Gasteiger partial charge in [0.2, 0.25) is 5.78 Å². The van der Waals surface area contributed by atoms with Crippen LogP contribution in [0.1, 0.15) is 27.0 Å². The molecule has 3 aromatic rings. The zero-order chi connectivity index (χ0) is 20.4. The number of Topliss-reactive ketones (excluding diaryl/α,β-unsaturated/α-hetero) is 1. The molecule has 1 heterocycles. The van der Waals surface area contributed by atoms with Crippen LogP contribution in [0.3, 0.4) is 0 Å². The molecular formula is C24H19FO4. The number of allylic oxidation sites excluding steroid dienone is 1. The predicted octanol–water partition coefficient (Wildman–Crippen LogP) is 5.34. The second kappa shape index (κ2) is 7.80. The standard InChI is InChI=1S/C24H19FO4/c1-15-21(28-14-17-4-3-5-18(25)12-17)11-10-20-23(26)22(29-24(15)20)13-16-6-8-19(27-2)9-7-16/h3-13H,14H2,1-2H3/b22-13-. The first-order valence-electron chi connectivity index (χ1n) is 9.14. The molecule has 146 valence electrons. The Bertz CT molecular complexity index is 1100. The van der Waals surface area contributed by atoms with Crippen molar-refractivity contribution >= 4 is 11.9 Å². The fraction of sp³-hybridized carbons (Fsp3) is 0.125. The number of benzene rings is 3. The predicted molar refractivity (Wildman–Crippen MR) is 108 cm³/mol. The maximum absolute atomic E-state index is 13.3. The van der Waals surface area contributed by atoms with Gasteiger partial charge in [0, 0.05) is 5.56 Å². The fourth-order valence-electron chi connectivity index (χ4n) is 3.16. The lowest BCUT2D eigenvalue weighted by atomic mass is 10.1. The summed E-state index contributed by atoms with van der Waals surface area (Å²) in [5.41, 5.74) is 2.79. The van der Waals surface area contributed by atoms with E-state index in [0.717, 1.165) is 22.4 Å². The second-order valence-corrected chi connectivity index (χ2v) is 6.70. The topological polar surface area (TPSA) is 44.8 Å². The summed E-state index contributed by atoms with van der Waals surface area (Å²) < 4.78 is 30.2. The molecule has 3 aromatic carbocycles. The van der Waals surface area contributed by atoms with Crippen molar-refractivity contribution in [2.75, 3.05) is 7.11 Å². The zero-order valence-corrected chi connectivity index (χ0v) is 16.1. The van der Waals surface area contributed by atoms with Gasteiger partial charge in [-0.15, -0.1) is 0 Å². The molecule has 0 fully saturated rings. The number of methoxy groups -OCH3 is 1. The summed E-state index contributed by atoms with van der Waals surface area (Å²) in [5.74, 6) is 1.60. The van der Waals surface area contributed by atoms with Crippen LogP contribution < -0.4 is 14.2 Å². The molecule has 0 aliphatic carbocycles. The van der Waals surface area contributed by atoms with Crippen LogP contribution in [0.4, 0.5) is 4.39 Å². The van der Waals surface area contributed by atoms with E-state index < -0.39 is 0 Å². The minimum absolute atomic E-state index is 0.171. The van der Waals surface area contributed by atoms with Gasteiger partial charge in [0.15, 0.2) is 5.76 Å². The van der Waals surface area contributed by atoms with Crippen molar-refractivity contribution in [1.29, 1.82) is 0 Å². The van der Waals surface area contributed by atoms with Gasteiger partial charge in [-0.1, -0.05) is 24.3 Å². The van der Waals surface area contributed by atoms with E-state index in [4.69, 9.17) is 14.2 Å². The van der Waals surface area contributed by atoms with Crippen LogP contribution in [0.2, 0.25) is 0 Å². The van der Waals surface area contributed by atoms with Crippen LogP contribution in [0, 0.1) is 12.7 Å². The number of rotatable bonds is 5. The van der Waals surface area contributed by atoms with Crippen LogP contribution in [0.15, 0.2) is 66.4 Å². The molecule has 0 amide bonds. The van der Waals surface area contributed by atoms with Gasteiger partial charge < -0.3 is 14.2 Å². The summed E-state index contributed by atoms with van der Waals surface area (Å²) in [6.07, 6.45) is 1.70. The third-order valence-electron chi connectivity index (χ3n) is 4.73. The van der Waals surface area contributed by atoms with Crippen molar-refractivity contribution in [1.82, 2.24) is 0 Å². The molecule has 0 bridgehead atoms. The summed E-state index contributed by atoms with van der Waals surface area (Å²) >= 11 is 0. The normalized spacial score (nSPS) is 13.9. The van der Waals surface area contributed by atoms with Gasteiger partial charge in [0.25, 0.3) is 0 Å². The van der Waals surface area contributed by atoms with Crippen LogP contribution in [-0.2, 0) is 6.61 Å². The average molecular weight is 390 g/mol. The lowest BCUT2D eigenvalue weighted by Gasteiger charge is -2.11. The Morgan fingerprint density at radius 1 is 1.07 bits per heavy atom. The summed E-state index contributed by atoms with van der Waals surface area (Å²) in [7, 11) is 1.60. The summed E-state index contributed by atoms with van der Waals surface area (Å²) in [6.45, 7) is 2.06. The van der Waals surface area contributed by atoms with Gasteiger partial charge in [-0.3, -0.25) is 4.79 Å². The van der Waals surface area contributed by atoms with Crippen LogP contribution in [-0.4, -0.2) is 12.9 Å². The van der Waals surface area contributed by atoms with Gasteiger partial charge >= 0.3 is 0 Å².